The second-order valence-corrected chi connectivity index (χ2v) is 5.91. The van der Waals surface area contributed by atoms with Gasteiger partial charge in [-0.05, 0) is 44.9 Å². The van der Waals surface area contributed by atoms with Crippen LogP contribution < -0.4 is 5.32 Å². The lowest BCUT2D eigenvalue weighted by Crippen LogP contribution is -2.42. The molecule has 0 aromatic rings. The molecule has 0 heterocycles. The van der Waals surface area contributed by atoms with Gasteiger partial charge >= 0.3 is 6.09 Å². The molecule has 17 heavy (non-hydrogen) atoms. The maximum Gasteiger partial charge on any atom is 0.407 e. The van der Waals surface area contributed by atoms with Gasteiger partial charge in [0, 0.05) is 6.04 Å². The van der Waals surface area contributed by atoms with Crippen molar-refractivity contribution in [2.45, 2.75) is 70.9 Å². The standard InChI is InChI=1S/C14H25NO2/c1-10(2)17-14(16)15-13-8-7-11-5-3-4-6-12(11)9-13/h10-13H,3-9H2,1-2H3,(H,15,16)/t11-,12+,13+/m0/s1. The summed E-state index contributed by atoms with van der Waals surface area (Å²) in [5.41, 5.74) is 0. The Hall–Kier alpha value is -0.730. The second kappa shape index (κ2) is 5.74. The molecule has 0 unspecified atom stereocenters. The monoisotopic (exact) mass is 239 g/mol. The lowest BCUT2D eigenvalue weighted by atomic mass is 9.69. The first kappa shape index (κ1) is 12.7. The van der Waals surface area contributed by atoms with Gasteiger partial charge in [-0.3, -0.25) is 0 Å². The maximum absolute atomic E-state index is 11.5. The highest BCUT2D eigenvalue weighted by atomic mass is 16.6. The summed E-state index contributed by atoms with van der Waals surface area (Å²) in [6, 6.07) is 0.348. The Labute approximate surface area is 104 Å². The summed E-state index contributed by atoms with van der Waals surface area (Å²) in [5, 5.41) is 3.02. The molecule has 3 heteroatoms. The van der Waals surface area contributed by atoms with E-state index in [1.807, 2.05) is 13.8 Å². The highest BCUT2D eigenvalue weighted by molar-refractivity contribution is 5.67. The van der Waals surface area contributed by atoms with Crippen LogP contribution in [0.25, 0.3) is 0 Å². The van der Waals surface area contributed by atoms with E-state index in [1.165, 1.54) is 32.1 Å². The number of carbonyl (C=O) groups excluding carboxylic acids is 1. The minimum atomic E-state index is -0.237. The van der Waals surface area contributed by atoms with Gasteiger partial charge in [0.05, 0.1) is 6.10 Å². The van der Waals surface area contributed by atoms with Crippen molar-refractivity contribution in [1.82, 2.24) is 5.32 Å². The number of ether oxygens (including phenoxy) is 1. The van der Waals surface area contributed by atoms with Crippen LogP contribution in [0.1, 0.15) is 58.8 Å². The molecule has 3 nitrogen and oxygen atoms in total. The molecule has 2 aliphatic carbocycles. The summed E-state index contributed by atoms with van der Waals surface area (Å²) < 4.78 is 5.14. The molecule has 2 rings (SSSR count). The van der Waals surface area contributed by atoms with Gasteiger partial charge in [0.15, 0.2) is 0 Å². The van der Waals surface area contributed by atoms with Crippen LogP contribution in [-0.4, -0.2) is 18.2 Å². The molecule has 2 saturated carbocycles. The van der Waals surface area contributed by atoms with Gasteiger partial charge in [0.1, 0.15) is 0 Å². The first-order valence-electron chi connectivity index (χ1n) is 7.12. The molecule has 0 aromatic heterocycles. The van der Waals surface area contributed by atoms with Crippen LogP contribution in [0.5, 0.6) is 0 Å². The van der Waals surface area contributed by atoms with E-state index < -0.39 is 0 Å². The van der Waals surface area contributed by atoms with Crippen molar-refractivity contribution in [2.75, 3.05) is 0 Å². The molecule has 3 atom stereocenters. The fraction of sp³-hybridized carbons (Fsp3) is 0.929. The summed E-state index contributed by atoms with van der Waals surface area (Å²) in [4.78, 5) is 11.5. The summed E-state index contributed by atoms with van der Waals surface area (Å²) in [6.45, 7) is 3.77. The quantitative estimate of drug-likeness (QED) is 0.801. The molecular weight excluding hydrogens is 214 g/mol. The molecule has 0 saturated heterocycles. The zero-order valence-electron chi connectivity index (χ0n) is 11.1. The third-order valence-corrected chi connectivity index (χ3v) is 4.20. The third-order valence-electron chi connectivity index (χ3n) is 4.20. The Balaban J connectivity index is 1.77. The van der Waals surface area contributed by atoms with Gasteiger partial charge < -0.3 is 10.1 Å². The van der Waals surface area contributed by atoms with Crippen molar-refractivity contribution < 1.29 is 9.53 Å². The number of rotatable bonds is 2. The number of carbonyl (C=O) groups is 1. The largest absolute Gasteiger partial charge is 0.447 e. The SMILES string of the molecule is CC(C)OC(=O)N[C@@H]1CC[C@@H]2CCCC[C@@H]2C1. The van der Waals surface area contributed by atoms with E-state index in [4.69, 9.17) is 4.74 Å². The summed E-state index contributed by atoms with van der Waals surface area (Å²) in [6.07, 6.45) is 8.89. The number of alkyl carbamates (subject to hydrolysis) is 1. The molecule has 2 fully saturated rings. The number of hydrogen-bond acceptors (Lipinski definition) is 2. The first-order chi connectivity index (χ1) is 8.15. The zero-order valence-corrected chi connectivity index (χ0v) is 11.1. The van der Waals surface area contributed by atoms with Gasteiger partial charge in [-0.15, -0.1) is 0 Å². The molecule has 0 spiro atoms. The van der Waals surface area contributed by atoms with Crippen molar-refractivity contribution in [2.24, 2.45) is 11.8 Å². The van der Waals surface area contributed by atoms with E-state index in [0.717, 1.165) is 24.7 Å². The van der Waals surface area contributed by atoms with Crippen LogP contribution in [0.3, 0.4) is 0 Å². The van der Waals surface area contributed by atoms with E-state index in [0.29, 0.717) is 6.04 Å². The fourth-order valence-electron chi connectivity index (χ4n) is 3.42. The second-order valence-electron chi connectivity index (χ2n) is 5.91. The topological polar surface area (TPSA) is 38.3 Å². The Bertz CT molecular complexity index is 265. The molecule has 2 aliphatic rings. The number of nitrogens with one attached hydrogen (secondary N) is 1. The molecule has 0 aliphatic heterocycles. The first-order valence-corrected chi connectivity index (χ1v) is 7.12. The van der Waals surface area contributed by atoms with Crippen LogP contribution in [0.4, 0.5) is 4.79 Å². The fourth-order valence-corrected chi connectivity index (χ4v) is 3.42. The van der Waals surface area contributed by atoms with Crippen molar-refractivity contribution in [1.29, 1.82) is 0 Å². The lowest BCUT2D eigenvalue weighted by Gasteiger charge is -2.39. The molecule has 0 radical (unpaired) electrons. The Morgan fingerprint density at radius 2 is 1.82 bits per heavy atom. The number of fused-ring (bicyclic) bond motifs is 1. The molecule has 0 aromatic carbocycles. The summed E-state index contributed by atoms with van der Waals surface area (Å²) in [5.74, 6) is 1.78. The number of hydrogen-bond donors (Lipinski definition) is 1. The highest BCUT2D eigenvalue weighted by Crippen LogP contribution is 2.40. The van der Waals surface area contributed by atoms with E-state index in [1.54, 1.807) is 0 Å². The third kappa shape index (κ3) is 3.62. The Morgan fingerprint density at radius 3 is 2.53 bits per heavy atom. The van der Waals surface area contributed by atoms with Crippen LogP contribution in [0.15, 0.2) is 0 Å². The van der Waals surface area contributed by atoms with E-state index >= 15 is 0 Å². The average molecular weight is 239 g/mol. The lowest BCUT2D eigenvalue weighted by molar-refractivity contribution is 0.0979. The number of amides is 1. The molecule has 0 bridgehead atoms. The van der Waals surface area contributed by atoms with Crippen LogP contribution in [0.2, 0.25) is 0 Å². The van der Waals surface area contributed by atoms with E-state index in [-0.39, 0.29) is 12.2 Å². The van der Waals surface area contributed by atoms with Crippen molar-refractivity contribution in [3.05, 3.63) is 0 Å². The predicted molar refractivity (Wildman–Crippen MR) is 67.8 cm³/mol. The summed E-state index contributed by atoms with van der Waals surface area (Å²) >= 11 is 0. The predicted octanol–water partition coefficient (Wildman–Crippen LogP) is 3.48. The summed E-state index contributed by atoms with van der Waals surface area (Å²) in [7, 11) is 0. The average Bonchev–Trinajstić information content (AvgIpc) is 2.27. The van der Waals surface area contributed by atoms with Crippen molar-refractivity contribution >= 4 is 6.09 Å². The van der Waals surface area contributed by atoms with Crippen molar-refractivity contribution in [3.63, 3.8) is 0 Å². The van der Waals surface area contributed by atoms with Gasteiger partial charge in [-0.25, -0.2) is 4.79 Å². The van der Waals surface area contributed by atoms with Gasteiger partial charge in [0.2, 0.25) is 0 Å². The van der Waals surface area contributed by atoms with E-state index in [9.17, 15) is 4.79 Å². The van der Waals surface area contributed by atoms with Crippen molar-refractivity contribution in [3.8, 4) is 0 Å². The molecule has 98 valence electrons. The van der Waals surface area contributed by atoms with Crippen LogP contribution in [0, 0.1) is 11.8 Å². The molecular formula is C14H25NO2. The Morgan fingerprint density at radius 1 is 1.12 bits per heavy atom. The van der Waals surface area contributed by atoms with Gasteiger partial charge in [-0.2, -0.15) is 0 Å². The minimum Gasteiger partial charge on any atom is -0.447 e. The molecule has 1 N–H and O–H groups in total. The maximum atomic E-state index is 11.5. The Kier molecular flexibility index (Phi) is 4.30. The highest BCUT2D eigenvalue weighted by Gasteiger charge is 2.32. The van der Waals surface area contributed by atoms with Crippen LogP contribution >= 0.6 is 0 Å². The van der Waals surface area contributed by atoms with E-state index in [2.05, 4.69) is 5.32 Å². The minimum absolute atomic E-state index is 0.0268. The normalized spacial score (nSPS) is 33.0. The van der Waals surface area contributed by atoms with Crippen LogP contribution in [-0.2, 0) is 4.74 Å². The smallest absolute Gasteiger partial charge is 0.407 e. The van der Waals surface area contributed by atoms with Gasteiger partial charge in [-0.1, -0.05) is 25.7 Å². The zero-order chi connectivity index (χ0) is 12.3. The van der Waals surface area contributed by atoms with Gasteiger partial charge in [0.25, 0.3) is 0 Å². The molecule has 1 amide bonds.